The van der Waals surface area contributed by atoms with Crippen LogP contribution >= 0.6 is 22.9 Å². The van der Waals surface area contributed by atoms with Crippen LogP contribution in [0.15, 0.2) is 47.5 Å². The minimum Gasteiger partial charge on any atom is -0.395 e. The van der Waals surface area contributed by atoms with Crippen LogP contribution < -0.4 is 4.90 Å². The van der Waals surface area contributed by atoms with Crippen molar-refractivity contribution in [1.29, 1.82) is 0 Å². The summed E-state index contributed by atoms with van der Waals surface area (Å²) in [7, 11) is 1.68. The quantitative estimate of drug-likeness (QED) is 0.830. The van der Waals surface area contributed by atoms with Crippen molar-refractivity contribution in [3.05, 3.63) is 57.4 Å². The van der Waals surface area contributed by atoms with Gasteiger partial charge in [-0.1, -0.05) is 29.8 Å². The number of hydrogen-bond donors (Lipinski definition) is 1. The monoisotopic (exact) mass is 362 g/mol. The van der Waals surface area contributed by atoms with Gasteiger partial charge in [0.05, 0.1) is 22.9 Å². The third-order valence-corrected chi connectivity index (χ3v) is 4.94. The number of para-hydroxylation sites is 1. The van der Waals surface area contributed by atoms with E-state index in [2.05, 4.69) is 0 Å². The molecule has 1 aromatic carbocycles. The first-order chi connectivity index (χ1) is 11.6. The maximum atomic E-state index is 13.0. The number of rotatable bonds is 5. The van der Waals surface area contributed by atoms with Gasteiger partial charge in [-0.15, -0.1) is 11.3 Å². The number of imide groups is 1. The third kappa shape index (κ3) is 2.73. The molecule has 24 heavy (non-hydrogen) atoms. The van der Waals surface area contributed by atoms with Crippen LogP contribution in [0.25, 0.3) is 5.57 Å². The van der Waals surface area contributed by atoms with Crippen molar-refractivity contribution in [2.75, 3.05) is 25.1 Å². The molecule has 0 spiro atoms. The van der Waals surface area contributed by atoms with E-state index in [1.807, 2.05) is 11.4 Å². The molecule has 0 atom stereocenters. The van der Waals surface area contributed by atoms with Gasteiger partial charge in [-0.25, -0.2) is 4.90 Å². The Labute approximate surface area is 148 Å². The van der Waals surface area contributed by atoms with Crippen molar-refractivity contribution in [2.45, 2.75) is 0 Å². The van der Waals surface area contributed by atoms with E-state index in [9.17, 15) is 14.7 Å². The molecule has 124 valence electrons. The summed E-state index contributed by atoms with van der Waals surface area (Å²) in [5, 5.41) is 11.4. The van der Waals surface area contributed by atoms with Gasteiger partial charge in [-0.2, -0.15) is 0 Å². The summed E-state index contributed by atoms with van der Waals surface area (Å²) in [6, 6.07) is 10.4. The van der Waals surface area contributed by atoms with Gasteiger partial charge >= 0.3 is 0 Å². The number of nitrogens with zero attached hydrogens (tertiary/aromatic N) is 2. The Morgan fingerprint density at radius 1 is 1.17 bits per heavy atom. The summed E-state index contributed by atoms with van der Waals surface area (Å²) in [5.41, 5.74) is 0.970. The van der Waals surface area contributed by atoms with Gasteiger partial charge in [-0.3, -0.25) is 9.59 Å². The fourth-order valence-corrected chi connectivity index (χ4v) is 3.61. The molecule has 0 aliphatic carbocycles. The molecule has 0 fully saturated rings. The molecule has 0 radical (unpaired) electrons. The van der Waals surface area contributed by atoms with Crippen LogP contribution in [-0.2, 0) is 9.59 Å². The average Bonchev–Trinajstić information content (AvgIpc) is 3.15. The first-order valence-corrected chi connectivity index (χ1v) is 8.55. The number of thiophene rings is 1. The number of halogens is 1. The van der Waals surface area contributed by atoms with Gasteiger partial charge < -0.3 is 10.0 Å². The van der Waals surface area contributed by atoms with Crippen molar-refractivity contribution in [2.24, 2.45) is 0 Å². The summed E-state index contributed by atoms with van der Waals surface area (Å²) in [6.45, 7) is 0.130. The Morgan fingerprint density at radius 2 is 1.92 bits per heavy atom. The van der Waals surface area contributed by atoms with E-state index < -0.39 is 11.8 Å². The minimum atomic E-state index is -0.438. The van der Waals surface area contributed by atoms with E-state index >= 15 is 0 Å². The Balaban J connectivity index is 2.13. The minimum absolute atomic E-state index is 0.120. The highest BCUT2D eigenvalue weighted by Crippen LogP contribution is 2.38. The number of carbonyl (C=O) groups excluding carboxylic acids is 2. The summed E-state index contributed by atoms with van der Waals surface area (Å²) in [4.78, 5) is 29.4. The third-order valence-electron chi connectivity index (χ3n) is 3.74. The van der Waals surface area contributed by atoms with Gasteiger partial charge in [-0.05, 0) is 23.6 Å². The van der Waals surface area contributed by atoms with Crippen molar-refractivity contribution in [3.63, 3.8) is 0 Å². The number of aliphatic hydroxyl groups is 1. The van der Waals surface area contributed by atoms with Crippen LogP contribution in [0.4, 0.5) is 5.69 Å². The first kappa shape index (κ1) is 16.7. The van der Waals surface area contributed by atoms with Crippen molar-refractivity contribution < 1.29 is 14.7 Å². The normalized spacial score (nSPS) is 14.7. The highest BCUT2D eigenvalue weighted by Gasteiger charge is 2.42. The van der Waals surface area contributed by atoms with E-state index in [0.29, 0.717) is 21.2 Å². The second-order valence-corrected chi connectivity index (χ2v) is 6.60. The van der Waals surface area contributed by atoms with E-state index in [1.54, 1.807) is 42.3 Å². The molecule has 1 N–H and O–H groups in total. The van der Waals surface area contributed by atoms with Gasteiger partial charge in [0.25, 0.3) is 11.8 Å². The fourth-order valence-electron chi connectivity index (χ4n) is 2.63. The number of carbonyl (C=O) groups is 2. The lowest BCUT2D eigenvalue weighted by Gasteiger charge is -2.20. The van der Waals surface area contributed by atoms with Gasteiger partial charge in [0.15, 0.2) is 0 Å². The summed E-state index contributed by atoms with van der Waals surface area (Å²) < 4.78 is 0. The maximum Gasteiger partial charge on any atom is 0.282 e. The molecule has 7 heteroatoms. The SMILES string of the molecule is CN(CCO)C1=C(c2cccs2)C(=O)N(c2ccccc2Cl)C1=O. The zero-order valence-electron chi connectivity index (χ0n) is 12.9. The molecular formula is C17H15ClN2O3S. The molecule has 0 saturated heterocycles. The molecule has 2 aromatic rings. The van der Waals surface area contributed by atoms with Gasteiger partial charge in [0.1, 0.15) is 5.70 Å². The molecule has 5 nitrogen and oxygen atoms in total. The Kier molecular flexibility index (Phi) is 4.71. The molecule has 2 heterocycles. The van der Waals surface area contributed by atoms with Crippen molar-refractivity contribution in [1.82, 2.24) is 4.90 Å². The Hall–Kier alpha value is -2.15. The van der Waals surface area contributed by atoms with E-state index in [4.69, 9.17) is 11.6 Å². The van der Waals surface area contributed by atoms with Crippen molar-refractivity contribution >= 4 is 46.0 Å². The van der Waals surface area contributed by atoms with Crippen molar-refractivity contribution in [3.8, 4) is 0 Å². The fraction of sp³-hybridized carbons (Fsp3) is 0.176. The second kappa shape index (κ2) is 6.76. The van der Waals surface area contributed by atoms with E-state index in [-0.39, 0.29) is 18.8 Å². The standard InChI is InChI=1S/C17H15ClN2O3S/c1-19(8-9-21)15-14(13-7-4-10-24-13)16(22)20(17(15)23)12-6-3-2-5-11(12)18/h2-7,10,21H,8-9H2,1H3. The largest absolute Gasteiger partial charge is 0.395 e. The molecule has 3 rings (SSSR count). The summed E-state index contributed by atoms with van der Waals surface area (Å²) in [6.07, 6.45) is 0. The predicted molar refractivity (Wildman–Crippen MR) is 94.9 cm³/mol. The molecule has 1 aliphatic heterocycles. The predicted octanol–water partition coefficient (Wildman–Crippen LogP) is 2.61. The molecule has 0 unspecified atom stereocenters. The number of anilines is 1. The lowest BCUT2D eigenvalue weighted by molar-refractivity contribution is -0.120. The zero-order chi connectivity index (χ0) is 17.3. The second-order valence-electron chi connectivity index (χ2n) is 5.24. The molecule has 1 aliphatic rings. The van der Waals surface area contributed by atoms with E-state index in [1.165, 1.54) is 11.3 Å². The number of aliphatic hydroxyl groups excluding tert-OH is 1. The highest BCUT2D eigenvalue weighted by atomic mass is 35.5. The maximum absolute atomic E-state index is 13.0. The topological polar surface area (TPSA) is 60.9 Å². The Bertz CT molecular complexity index is 817. The van der Waals surface area contributed by atoms with Crippen LogP contribution in [0, 0.1) is 0 Å². The summed E-state index contributed by atoms with van der Waals surface area (Å²) >= 11 is 7.57. The lowest BCUT2D eigenvalue weighted by Crippen LogP contribution is -2.35. The molecule has 1 aromatic heterocycles. The number of hydrogen-bond acceptors (Lipinski definition) is 5. The van der Waals surface area contributed by atoms with Crippen LogP contribution in [0.1, 0.15) is 4.88 Å². The number of amides is 2. The number of benzene rings is 1. The smallest absolute Gasteiger partial charge is 0.282 e. The first-order valence-electron chi connectivity index (χ1n) is 7.29. The molecular weight excluding hydrogens is 348 g/mol. The molecule has 2 amide bonds. The molecule has 0 saturated carbocycles. The van der Waals surface area contributed by atoms with Crippen LogP contribution in [0.5, 0.6) is 0 Å². The zero-order valence-corrected chi connectivity index (χ0v) is 14.5. The van der Waals surface area contributed by atoms with Crippen LogP contribution in [-0.4, -0.2) is 42.0 Å². The average molecular weight is 363 g/mol. The number of likely N-dealkylation sites (N-methyl/N-ethyl adjacent to an activating group) is 1. The van der Waals surface area contributed by atoms with E-state index in [0.717, 1.165) is 4.90 Å². The highest BCUT2D eigenvalue weighted by molar-refractivity contribution is 7.11. The van der Waals surface area contributed by atoms with Crippen LogP contribution in [0.2, 0.25) is 5.02 Å². The lowest BCUT2D eigenvalue weighted by atomic mass is 10.2. The Morgan fingerprint density at radius 3 is 2.54 bits per heavy atom. The van der Waals surface area contributed by atoms with Gasteiger partial charge in [0.2, 0.25) is 0 Å². The van der Waals surface area contributed by atoms with Gasteiger partial charge in [0, 0.05) is 18.5 Å². The molecule has 0 bridgehead atoms. The van der Waals surface area contributed by atoms with Crippen LogP contribution in [0.3, 0.4) is 0 Å². The summed E-state index contributed by atoms with van der Waals surface area (Å²) in [5.74, 6) is -0.845.